The second-order valence-electron chi connectivity index (χ2n) is 4.33. The minimum atomic E-state index is -0.201. The summed E-state index contributed by atoms with van der Waals surface area (Å²) in [6.45, 7) is 1.92. The van der Waals surface area contributed by atoms with Gasteiger partial charge in [0.1, 0.15) is 11.4 Å². The smallest absolute Gasteiger partial charge is 0.270 e. The van der Waals surface area contributed by atoms with Crippen LogP contribution in [0.5, 0.6) is 5.75 Å². The molecule has 0 bridgehead atoms. The van der Waals surface area contributed by atoms with Crippen molar-refractivity contribution in [1.82, 2.24) is 10.3 Å². The number of aromatic nitrogens is 1. The summed E-state index contributed by atoms with van der Waals surface area (Å²) in [5, 5.41) is 2.91. The molecule has 1 amide bonds. The molecule has 5 heteroatoms. The summed E-state index contributed by atoms with van der Waals surface area (Å²) in [6.07, 6.45) is 1.60. The molecule has 0 radical (unpaired) electrons. The first kappa shape index (κ1) is 14.5. The quantitative estimate of drug-likeness (QED) is 0.932. The molecule has 0 aliphatic rings. The second-order valence-corrected chi connectivity index (χ2v) is 5.25. The van der Waals surface area contributed by atoms with E-state index in [0.29, 0.717) is 5.69 Å². The Labute approximate surface area is 126 Å². The summed E-state index contributed by atoms with van der Waals surface area (Å²) in [7, 11) is 1.62. The van der Waals surface area contributed by atoms with Crippen LogP contribution in [0.25, 0.3) is 0 Å². The summed E-state index contributed by atoms with van der Waals surface area (Å²) in [6, 6.07) is 11.0. The molecule has 2 rings (SSSR count). The molecule has 0 spiro atoms. The maximum absolute atomic E-state index is 12.1. The zero-order chi connectivity index (χ0) is 14.5. The van der Waals surface area contributed by atoms with Crippen molar-refractivity contribution in [2.75, 3.05) is 7.11 Å². The number of halogens is 1. The Bertz CT molecular complexity index is 599. The van der Waals surface area contributed by atoms with Crippen molar-refractivity contribution in [3.63, 3.8) is 0 Å². The fourth-order valence-corrected chi connectivity index (χ4v) is 2.01. The van der Waals surface area contributed by atoms with Gasteiger partial charge in [0.25, 0.3) is 5.91 Å². The predicted octanol–water partition coefficient (Wildman–Crippen LogP) is 3.34. The van der Waals surface area contributed by atoms with Gasteiger partial charge in [-0.1, -0.05) is 12.1 Å². The highest BCUT2D eigenvalue weighted by Gasteiger charge is 2.12. The average Bonchev–Trinajstić information content (AvgIpc) is 2.47. The lowest BCUT2D eigenvalue weighted by molar-refractivity contribution is 0.0935. The summed E-state index contributed by atoms with van der Waals surface area (Å²) >= 11 is 3.29. The summed E-state index contributed by atoms with van der Waals surface area (Å²) in [5.74, 6) is 0.568. The number of ether oxygens (including phenoxy) is 1. The Morgan fingerprint density at radius 3 is 2.80 bits per heavy atom. The van der Waals surface area contributed by atoms with Gasteiger partial charge in [-0.3, -0.25) is 4.79 Å². The molecular weight excluding hydrogens is 320 g/mol. The first-order chi connectivity index (χ1) is 9.60. The normalized spacial score (nSPS) is 11.8. The van der Waals surface area contributed by atoms with Gasteiger partial charge < -0.3 is 10.1 Å². The van der Waals surface area contributed by atoms with Crippen molar-refractivity contribution in [1.29, 1.82) is 0 Å². The topological polar surface area (TPSA) is 51.2 Å². The molecule has 0 saturated carbocycles. The maximum atomic E-state index is 12.1. The van der Waals surface area contributed by atoms with Crippen LogP contribution in [0.4, 0.5) is 0 Å². The van der Waals surface area contributed by atoms with E-state index in [1.54, 1.807) is 25.4 Å². The van der Waals surface area contributed by atoms with Crippen LogP contribution in [0.2, 0.25) is 0 Å². The van der Waals surface area contributed by atoms with Gasteiger partial charge in [-0.05, 0) is 52.7 Å². The molecule has 1 unspecified atom stereocenters. The van der Waals surface area contributed by atoms with E-state index in [4.69, 9.17) is 4.74 Å². The van der Waals surface area contributed by atoms with Gasteiger partial charge in [0.2, 0.25) is 0 Å². The Balaban J connectivity index is 2.08. The van der Waals surface area contributed by atoms with Crippen molar-refractivity contribution in [3.8, 4) is 5.75 Å². The van der Waals surface area contributed by atoms with Crippen LogP contribution in [0, 0.1) is 0 Å². The van der Waals surface area contributed by atoms with E-state index in [0.717, 1.165) is 15.8 Å². The number of pyridine rings is 1. The molecule has 1 N–H and O–H groups in total. The van der Waals surface area contributed by atoms with Gasteiger partial charge in [0, 0.05) is 10.7 Å². The number of rotatable bonds is 4. The number of carbonyl (C=O) groups excluding carboxylic acids is 1. The van der Waals surface area contributed by atoms with Gasteiger partial charge in [-0.25, -0.2) is 4.98 Å². The van der Waals surface area contributed by atoms with Crippen LogP contribution >= 0.6 is 15.9 Å². The Morgan fingerprint density at radius 1 is 1.35 bits per heavy atom. The van der Waals surface area contributed by atoms with Crippen LogP contribution in [0.1, 0.15) is 29.0 Å². The number of amides is 1. The minimum Gasteiger partial charge on any atom is -0.497 e. The molecule has 1 heterocycles. The monoisotopic (exact) mass is 334 g/mol. The zero-order valence-electron chi connectivity index (χ0n) is 11.3. The van der Waals surface area contributed by atoms with Gasteiger partial charge in [-0.15, -0.1) is 0 Å². The van der Waals surface area contributed by atoms with Crippen molar-refractivity contribution in [3.05, 3.63) is 58.3 Å². The van der Waals surface area contributed by atoms with Gasteiger partial charge >= 0.3 is 0 Å². The van der Waals surface area contributed by atoms with E-state index in [9.17, 15) is 4.79 Å². The van der Waals surface area contributed by atoms with Crippen LogP contribution in [-0.4, -0.2) is 18.0 Å². The Hall–Kier alpha value is -1.88. The lowest BCUT2D eigenvalue weighted by atomic mass is 10.1. The van der Waals surface area contributed by atoms with E-state index in [1.165, 1.54) is 0 Å². The highest BCUT2D eigenvalue weighted by Crippen LogP contribution is 2.19. The van der Waals surface area contributed by atoms with E-state index in [-0.39, 0.29) is 11.9 Å². The molecule has 104 valence electrons. The third-order valence-electron chi connectivity index (χ3n) is 2.90. The first-order valence-corrected chi connectivity index (χ1v) is 6.96. The number of hydrogen-bond donors (Lipinski definition) is 1. The van der Waals surface area contributed by atoms with Crippen molar-refractivity contribution >= 4 is 21.8 Å². The van der Waals surface area contributed by atoms with Crippen LogP contribution in [0.15, 0.2) is 47.1 Å². The van der Waals surface area contributed by atoms with Crippen molar-refractivity contribution < 1.29 is 9.53 Å². The largest absolute Gasteiger partial charge is 0.497 e. The van der Waals surface area contributed by atoms with E-state index < -0.39 is 0 Å². The molecule has 4 nitrogen and oxygen atoms in total. The lowest BCUT2D eigenvalue weighted by Crippen LogP contribution is -2.27. The third-order valence-corrected chi connectivity index (χ3v) is 3.37. The molecule has 0 saturated heterocycles. The zero-order valence-corrected chi connectivity index (χ0v) is 12.8. The van der Waals surface area contributed by atoms with Crippen LogP contribution < -0.4 is 10.1 Å². The number of nitrogens with zero attached hydrogens (tertiary/aromatic N) is 1. The maximum Gasteiger partial charge on any atom is 0.270 e. The van der Waals surface area contributed by atoms with Gasteiger partial charge in [-0.2, -0.15) is 0 Å². The third kappa shape index (κ3) is 3.57. The first-order valence-electron chi connectivity index (χ1n) is 6.16. The number of methoxy groups -OCH3 is 1. The molecule has 1 aromatic carbocycles. The Kier molecular flexibility index (Phi) is 4.74. The number of nitrogens with one attached hydrogen (secondary N) is 1. The molecular formula is C15H15BrN2O2. The second kappa shape index (κ2) is 6.52. The Morgan fingerprint density at radius 2 is 2.15 bits per heavy atom. The lowest BCUT2D eigenvalue weighted by Gasteiger charge is -2.14. The van der Waals surface area contributed by atoms with Crippen LogP contribution in [-0.2, 0) is 0 Å². The van der Waals surface area contributed by atoms with Crippen molar-refractivity contribution in [2.45, 2.75) is 13.0 Å². The SMILES string of the molecule is COc1cccc(C(C)NC(=O)c2ccc(Br)cn2)c1. The summed E-state index contributed by atoms with van der Waals surface area (Å²) in [4.78, 5) is 16.1. The molecule has 2 aromatic rings. The highest BCUT2D eigenvalue weighted by molar-refractivity contribution is 9.10. The molecule has 1 atom stereocenters. The molecule has 0 fully saturated rings. The van der Waals surface area contributed by atoms with Crippen LogP contribution in [0.3, 0.4) is 0 Å². The molecule has 0 aliphatic heterocycles. The minimum absolute atomic E-state index is 0.122. The van der Waals surface area contributed by atoms with Crippen molar-refractivity contribution in [2.24, 2.45) is 0 Å². The van der Waals surface area contributed by atoms with E-state index >= 15 is 0 Å². The number of carbonyl (C=O) groups is 1. The fourth-order valence-electron chi connectivity index (χ4n) is 1.77. The standard InChI is InChI=1S/C15H15BrN2O2/c1-10(11-4-3-5-13(8-11)20-2)18-15(19)14-7-6-12(16)9-17-14/h3-10H,1-2H3,(H,18,19). The number of hydrogen-bond acceptors (Lipinski definition) is 3. The molecule has 0 aliphatic carbocycles. The molecule has 1 aromatic heterocycles. The van der Waals surface area contributed by atoms with Gasteiger partial charge in [0.05, 0.1) is 13.2 Å². The van der Waals surface area contributed by atoms with E-state index in [1.807, 2.05) is 31.2 Å². The predicted molar refractivity (Wildman–Crippen MR) is 80.8 cm³/mol. The summed E-state index contributed by atoms with van der Waals surface area (Å²) in [5.41, 5.74) is 1.37. The summed E-state index contributed by atoms with van der Waals surface area (Å²) < 4.78 is 6.02. The molecule has 20 heavy (non-hydrogen) atoms. The van der Waals surface area contributed by atoms with E-state index in [2.05, 4.69) is 26.2 Å². The fraction of sp³-hybridized carbons (Fsp3) is 0.200. The average molecular weight is 335 g/mol. The van der Waals surface area contributed by atoms with Gasteiger partial charge in [0.15, 0.2) is 0 Å². The highest BCUT2D eigenvalue weighted by atomic mass is 79.9. The number of benzene rings is 1.